The van der Waals surface area contributed by atoms with Gasteiger partial charge in [0.1, 0.15) is 6.61 Å². The maximum atomic E-state index is 13.0. The number of benzene rings is 2. The van der Waals surface area contributed by atoms with E-state index in [2.05, 4.69) is 11.9 Å². The van der Waals surface area contributed by atoms with Crippen LogP contribution in [0, 0.1) is 0 Å². The molecule has 0 radical (unpaired) electrons. The van der Waals surface area contributed by atoms with Crippen LogP contribution >= 0.6 is 0 Å². The number of nitrogens with one attached hydrogen (secondary N) is 1. The van der Waals surface area contributed by atoms with Gasteiger partial charge in [0.2, 0.25) is 0 Å². The first-order valence-corrected chi connectivity index (χ1v) is 9.82. The third-order valence-corrected chi connectivity index (χ3v) is 4.72. The van der Waals surface area contributed by atoms with E-state index in [0.29, 0.717) is 31.2 Å². The van der Waals surface area contributed by atoms with Gasteiger partial charge < -0.3 is 24.4 Å². The van der Waals surface area contributed by atoms with Crippen molar-refractivity contribution in [1.29, 1.82) is 0 Å². The average molecular weight is 396 g/mol. The molecule has 154 valence electrons. The summed E-state index contributed by atoms with van der Waals surface area (Å²) in [5.74, 6) is 1.28. The Morgan fingerprint density at radius 1 is 1.28 bits per heavy atom. The van der Waals surface area contributed by atoms with Crippen LogP contribution in [-0.2, 0) is 11.3 Å². The number of hydrogen-bond acceptors (Lipinski definition) is 4. The van der Waals surface area contributed by atoms with Gasteiger partial charge in [-0.2, -0.15) is 0 Å². The minimum atomic E-state index is -0.155. The van der Waals surface area contributed by atoms with Crippen LogP contribution in [0.4, 0.5) is 10.5 Å². The second-order valence-electron chi connectivity index (χ2n) is 6.90. The molecular formula is C23H28N2O4. The highest BCUT2D eigenvalue weighted by molar-refractivity contribution is 5.89. The van der Waals surface area contributed by atoms with Gasteiger partial charge in [-0.05, 0) is 42.7 Å². The Bertz CT molecular complexity index is 804. The highest BCUT2D eigenvalue weighted by Gasteiger charge is 2.23. The summed E-state index contributed by atoms with van der Waals surface area (Å²) in [7, 11) is 1.60. The van der Waals surface area contributed by atoms with E-state index in [0.717, 1.165) is 30.7 Å². The molecule has 1 fully saturated rings. The van der Waals surface area contributed by atoms with Gasteiger partial charge in [0, 0.05) is 25.4 Å². The summed E-state index contributed by atoms with van der Waals surface area (Å²) < 4.78 is 16.8. The molecule has 0 aliphatic carbocycles. The number of carbonyl (C=O) groups is 1. The van der Waals surface area contributed by atoms with Crippen molar-refractivity contribution < 1.29 is 19.0 Å². The molecule has 0 aromatic heterocycles. The standard InChI is InChI=1S/C23H28N2O4/c1-3-13-29-21-12-11-18(15-22(21)27-2)16-25(17-20-10-7-14-28-20)23(26)24-19-8-5-4-6-9-19/h3-6,8-9,11-12,15,20H,1,7,10,13-14,16-17H2,2H3,(H,24,26). The van der Waals surface area contributed by atoms with E-state index in [4.69, 9.17) is 14.2 Å². The Hall–Kier alpha value is -2.99. The highest BCUT2D eigenvalue weighted by atomic mass is 16.5. The quantitative estimate of drug-likeness (QED) is 0.635. The zero-order chi connectivity index (χ0) is 20.5. The fourth-order valence-electron chi connectivity index (χ4n) is 3.28. The number of amides is 2. The van der Waals surface area contributed by atoms with Crippen molar-refractivity contribution in [3.63, 3.8) is 0 Å². The summed E-state index contributed by atoms with van der Waals surface area (Å²) in [6.07, 6.45) is 3.74. The number of para-hydroxylation sites is 1. The lowest BCUT2D eigenvalue weighted by Gasteiger charge is -2.26. The molecule has 2 aromatic rings. The Balaban J connectivity index is 1.74. The minimum absolute atomic E-state index is 0.0635. The van der Waals surface area contributed by atoms with E-state index >= 15 is 0 Å². The number of urea groups is 1. The molecule has 29 heavy (non-hydrogen) atoms. The molecule has 6 nitrogen and oxygen atoms in total. The summed E-state index contributed by atoms with van der Waals surface area (Å²) in [6.45, 7) is 5.80. The van der Waals surface area contributed by atoms with Crippen molar-refractivity contribution >= 4 is 11.7 Å². The SMILES string of the molecule is C=CCOc1ccc(CN(CC2CCCO2)C(=O)Nc2ccccc2)cc1OC. The first-order valence-electron chi connectivity index (χ1n) is 9.82. The van der Waals surface area contributed by atoms with E-state index in [1.54, 1.807) is 18.1 Å². The number of rotatable bonds is 9. The predicted octanol–water partition coefficient (Wildman–Crippen LogP) is 4.47. The summed E-state index contributed by atoms with van der Waals surface area (Å²) in [4.78, 5) is 14.7. The summed E-state index contributed by atoms with van der Waals surface area (Å²) >= 11 is 0. The number of methoxy groups -OCH3 is 1. The second kappa shape index (κ2) is 10.5. The van der Waals surface area contributed by atoms with Gasteiger partial charge in [-0.3, -0.25) is 0 Å². The van der Waals surface area contributed by atoms with Crippen LogP contribution in [0.5, 0.6) is 11.5 Å². The lowest BCUT2D eigenvalue weighted by atomic mass is 10.1. The lowest BCUT2D eigenvalue weighted by molar-refractivity contribution is 0.0819. The van der Waals surface area contributed by atoms with Crippen LogP contribution in [0.3, 0.4) is 0 Å². The third kappa shape index (κ3) is 5.99. The van der Waals surface area contributed by atoms with Gasteiger partial charge in [0.15, 0.2) is 11.5 Å². The molecule has 1 N–H and O–H groups in total. The van der Waals surface area contributed by atoms with E-state index < -0.39 is 0 Å². The molecule has 3 rings (SSSR count). The van der Waals surface area contributed by atoms with Gasteiger partial charge in [-0.15, -0.1) is 0 Å². The summed E-state index contributed by atoms with van der Waals surface area (Å²) in [5.41, 5.74) is 1.72. The first-order chi connectivity index (χ1) is 14.2. The molecular weight excluding hydrogens is 368 g/mol. The maximum Gasteiger partial charge on any atom is 0.322 e. The second-order valence-corrected chi connectivity index (χ2v) is 6.90. The van der Waals surface area contributed by atoms with Crippen LogP contribution in [0.15, 0.2) is 61.2 Å². The van der Waals surface area contributed by atoms with Gasteiger partial charge in [0.05, 0.1) is 13.2 Å². The minimum Gasteiger partial charge on any atom is -0.493 e. The van der Waals surface area contributed by atoms with Crippen molar-refractivity contribution in [2.75, 3.05) is 32.2 Å². The van der Waals surface area contributed by atoms with E-state index in [9.17, 15) is 4.79 Å². The molecule has 1 unspecified atom stereocenters. The van der Waals surface area contributed by atoms with Crippen LogP contribution in [0.2, 0.25) is 0 Å². The Kier molecular flexibility index (Phi) is 7.53. The molecule has 1 aliphatic heterocycles. The average Bonchev–Trinajstić information content (AvgIpc) is 3.26. The van der Waals surface area contributed by atoms with E-state index in [1.165, 1.54) is 0 Å². The number of hydrogen-bond donors (Lipinski definition) is 1. The molecule has 1 atom stereocenters. The summed E-state index contributed by atoms with van der Waals surface area (Å²) in [6, 6.07) is 15.0. The molecule has 0 bridgehead atoms. The fraction of sp³-hybridized carbons (Fsp3) is 0.348. The third-order valence-electron chi connectivity index (χ3n) is 4.72. The molecule has 2 amide bonds. The zero-order valence-corrected chi connectivity index (χ0v) is 16.8. The van der Waals surface area contributed by atoms with Crippen molar-refractivity contribution in [3.8, 4) is 11.5 Å². The maximum absolute atomic E-state index is 13.0. The largest absolute Gasteiger partial charge is 0.493 e. The molecule has 2 aromatic carbocycles. The fourth-order valence-corrected chi connectivity index (χ4v) is 3.28. The molecule has 1 saturated heterocycles. The topological polar surface area (TPSA) is 60.0 Å². The van der Waals surface area contributed by atoms with Gasteiger partial charge in [-0.1, -0.05) is 36.9 Å². The summed E-state index contributed by atoms with van der Waals surface area (Å²) in [5, 5.41) is 2.97. The molecule has 6 heteroatoms. The van der Waals surface area contributed by atoms with Crippen molar-refractivity contribution in [2.24, 2.45) is 0 Å². The smallest absolute Gasteiger partial charge is 0.322 e. The number of anilines is 1. The Labute approximate surface area is 172 Å². The van der Waals surface area contributed by atoms with Gasteiger partial charge in [0.25, 0.3) is 0 Å². The van der Waals surface area contributed by atoms with Crippen LogP contribution < -0.4 is 14.8 Å². The normalized spacial score (nSPS) is 15.6. The highest BCUT2D eigenvalue weighted by Crippen LogP contribution is 2.29. The molecule has 1 aliphatic rings. The Morgan fingerprint density at radius 3 is 2.79 bits per heavy atom. The van der Waals surface area contributed by atoms with Crippen molar-refractivity contribution in [2.45, 2.75) is 25.5 Å². The molecule has 0 spiro atoms. The number of ether oxygens (including phenoxy) is 3. The number of nitrogens with zero attached hydrogens (tertiary/aromatic N) is 1. The first kappa shape index (κ1) is 20.7. The molecule has 0 saturated carbocycles. The lowest BCUT2D eigenvalue weighted by Crippen LogP contribution is -2.39. The van der Waals surface area contributed by atoms with Crippen LogP contribution in [0.1, 0.15) is 18.4 Å². The Morgan fingerprint density at radius 2 is 2.10 bits per heavy atom. The van der Waals surface area contributed by atoms with Crippen LogP contribution in [-0.4, -0.2) is 43.9 Å². The van der Waals surface area contributed by atoms with Gasteiger partial charge >= 0.3 is 6.03 Å². The predicted molar refractivity (Wildman–Crippen MR) is 114 cm³/mol. The number of carbonyl (C=O) groups excluding carboxylic acids is 1. The monoisotopic (exact) mass is 396 g/mol. The van der Waals surface area contributed by atoms with Crippen LogP contribution in [0.25, 0.3) is 0 Å². The van der Waals surface area contributed by atoms with Gasteiger partial charge in [-0.25, -0.2) is 4.79 Å². The molecule has 1 heterocycles. The zero-order valence-electron chi connectivity index (χ0n) is 16.8. The van der Waals surface area contributed by atoms with Crippen molar-refractivity contribution in [1.82, 2.24) is 4.90 Å². The van der Waals surface area contributed by atoms with E-state index in [1.807, 2.05) is 48.5 Å². The van der Waals surface area contributed by atoms with E-state index in [-0.39, 0.29) is 12.1 Å². The van der Waals surface area contributed by atoms with Crippen molar-refractivity contribution in [3.05, 3.63) is 66.7 Å².